The molecule has 5 nitrogen and oxygen atoms in total. The predicted octanol–water partition coefficient (Wildman–Crippen LogP) is 0.815. The molecule has 80 valence electrons. The van der Waals surface area contributed by atoms with Crippen LogP contribution in [-0.4, -0.2) is 11.1 Å². The van der Waals surface area contributed by atoms with Gasteiger partial charge in [0.05, 0.1) is 0 Å². The van der Waals surface area contributed by atoms with Crippen molar-refractivity contribution < 1.29 is 0 Å². The molecular weight excluding hydrogens is 234 g/mol. The molecule has 0 heterocycles. The molecule has 6 N–H and O–H groups in total. The van der Waals surface area contributed by atoms with E-state index in [-0.39, 0.29) is 5.96 Å². The zero-order valence-electron chi connectivity index (χ0n) is 7.70. The van der Waals surface area contributed by atoms with Gasteiger partial charge in [0.1, 0.15) is 0 Å². The highest BCUT2D eigenvalue weighted by atomic mass is 35.5. The molecule has 0 unspecified atom stereocenters. The number of halogens is 1. The summed E-state index contributed by atoms with van der Waals surface area (Å²) >= 11 is 10.6. The average molecular weight is 244 g/mol. The summed E-state index contributed by atoms with van der Waals surface area (Å²) in [4.78, 5) is 0. The van der Waals surface area contributed by atoms with E-state index >= 15 is 0 Å². The quantitative estimate of drug-likeness (QED) is 0.267. The van der Waals surface area contributed by atoms with Crippen molar-refractivity contribution in [1.82, 2.24) is 5.43 Å². The van der Waals surface area contributed by atoms with Crippen LogP contribution in [0.3, 0.4) is 0 Å². The van der Waals surface area contributed by atoms with Gasteiger partial charge in [0.2, 0.25) is 5.96 Å². The highest BCUT2D eigenvalue weighted by molar-refractivity contribution is 7.80. The Kier molecular flexibility index (Phi) is 4.14. The van der Waals surface area contributed by atoms with E-state index in [4.69, 9.17) is 35.3 Å². The smallest absolute Gasteiger partial charge is 0.208 e. The van der Waals surface area contributed by atoms with Gasteiger partial charge in [-0.25, -0.2) is 0 Å². The van der Waals surface area contributed by atoms with E-state index < -0.39 is 0 Å². The Morgan fingerprint density at radius 2 is 1.87 bits per heavy atom. The molecule has 0 aliphatic carbocycles. The van der Waals surface area contributed by atoms with Crippen molar-refractivity contribution in [2.75, 3.05) is 5.32 Å². The van der Waals surface area contributed by atoms with Crippen molar-refractivity contribution in [3.63, 3.8) is 0 Å². The molecule has 0 saturated carbocycles. The van der Waals surface area contributed by atoms with Crippen molar-refractivity contribution >= 4 is 40.6 Å². The largest absolute Gasteiger partial charge is 0.369 e. The van der Waals surface area contributed by atoms with Gasteiger partial charge in [0.15, 0.2) is 5.11 Å². The summed E-state index contributed by atoms with van der Waals surface area (Å²) in [7, 11) is 0. The first-order chi connectivity index (χ1) is 7.08. The fraction of sp³-hybridized carbons (Fsp3) is 0. The Hall–Kier alpha value is -1.53. The van der Waals surface area contributed by atoms with Crippen molar-refractivity contribution in [1.29, 1.82) is 0 Å². The third-order valence-corrected chi connectivity index (χ3v) is 1.83. The Balaban J connectivity index is 2.51. The fourth-order valence-electron chi connectivity index (χ4n) is 0.808. The van der Waals surface area contributed by atoms with Gasteiger partial charge in [-0.3, -0.25) is 5.43 Å². The van der Waals surface area contributed by atoms with Crippen LogP contribution in [0, 0.1) is 0 Å². The van der Waals surface area contributed by atoms with E-state index in [0.29, 0.717) is 10.1 Å². The molecule has 1 rings (SSSR count). The van der Waals surface area contributed by atoms with Crippen molar-refractivity contribution in [3.05, 3.63) is 29.3 Å². The second kappa shape index (κ2) is 5.38. The number of rotatable bonds is 2. The molecular formula is C8H10ClN5S. The highest BCUT2D eigenvalue weighted by Gasteiger charge is 1.95. The van der Waals surface area contributed by atoms with Crippen LogP contribution in [0.2, 0.25) is 5.02 Å². The molecule has 0 amide bonds. The molecule has 1 aromatic rings. The maximum Gasteiger partial charge on any atom is 0.208 e. The molecule has 0 aliphatic heterocycles. The number of benzene rings is 1. The fourth-order valence-corrected chi connectivity index (χ4v) is 1.10. The first-order valence-corrected chi connectivity index (χ1v) is 4.78. The molecule has 0 atom stereocenters. The van der Waals surface area contributed by atoms with Gasteiger partial charge >= 0.3 is 0 Å². The van der Waals surface area contributed by atoms with Crippen molar-refractivity contribution in [2.45, 2.75) is 0 Å². The monoisotopic (exact) mass is 243 g/mol. The second-order valence-corrected chi connectivity index (χ2v) is 3.45. The number of hydrazone groups is 1. The Labute approximate surface area is 97.5 Å². The van der Waals surface area contributed by atoms with Crippen LogP contribution >= 0.6 is 23.8 Å². The number of nitrogens with one attached hydrogen (secondary N) is 2. The van der Waals surface area contributed by atoms with E-state index in [9.17, 15) is 0 Å². The molecule has 0 bridgehead atoms. The summed E-state index contributed by atoms with van der Waals surface area (Å²) < 4.78 is 0. The minimum absolute atomic E-state index is 0.0877. The number of guanidine groups is 1. The van der Waals surface area contributed by atoms with E-state index in [1.165, 1.54) is 0 Å². The summed E-state index contributed by atoms with van der Waals surface area (Å²) in [5, 5.41) is 7.35. The lowest BCUT2D eigenvalue weighted by atomic mass is 10.3. The van der Waals surface area contributed by atoms with Gasteiger partial charge in [-0.2, -0.15) is 0 Å². The van der Waals surface area contributed by atoms with Gasteiger partial charge in [-0.15, -0.1) is 5.10 Å². The van der Waals surface area contributed by atoms with Crippen LogP contribution in [0.25, 0.3) is 0 Å². The maximum absolute atomic E-state index is 5.72. The first-order valence-electron chi connectivity index (χ1n) is 3.99. The zero-order chi connectivity index (χ0) is 11.3. The summed E-state index contributed by atoms with van der Waals surface area (Å²) in [6.45, 7) is 0. The molecule has 0 fully saturated rings. The van der Waals surface area contributed by atoms with Crippen LogP contribution in [0.5, 0.6) is 0 Å². The third kappa shape index (κ3) is 4.48. The van der Waals surface area contributed by atoms with Crippen LogP contribution in [0.15, 0.2) is 29.4 Å². The SMILES string of the molecule is NC(N)=NNC(=S)Nc1ccc(Cl)cc1. The Morgan fingerprint density at radius 1 is 1.27 bits per heavy atom. The van der Waals surface area contributed by atoms with Gasteiger partial charge < -0.3 is 16.8 Å². The van der Waals surface area contributed by atoms with E-state index in [2.05, 4.69) is 15.8 Å². The number of anilines is 1. The molecule has 0 saturated heterocycles. The summed E-state index contributed by atoms with van der Waals surface area (Å²) in [5.74, 6) is -0.0877. The van der Waals surface area contributed by atoms with Gasteiger partial charge in [-0.05, 0) is 36.5 Å². The minimum atomic E-state index is -0.0877. The lowest BCUT2D eigenvalue weighted by Gasteiger charge is -2.06. The van der Waals surface area contributed by atoms with Crippen LogP contribution in [0.4, 0.5) is 5.69 Å². The first kappa shape index (κ1) is 11.5. The molecule has 0 spiro atoms. The summed E-state index contributed by atoms with van der Waals surface area (Å²) in [6, 6.07) is 7.05. The number of hydrogen-bond acceptors (Lipinski definition) is 2. The molecule has 1 aromatic carbocycles. The molecule has 0 aliphatic rings. The Bertz CT molecular complexity index is 371. The number of nitrogens with zero attached hydrogens (tertiary/aromatic N) is 1. The van der Waals surface area contributed by atoms with Crippen molar-refractivity contribution in [2.24, 2.45) is 16.6 Å². The minimum Gasteiger partial charge on any atom is -0.369 e. The average Bonchev–Trinajstić information content (AvgIpc) is 2.19. The zero-order valence-corrected chi connectivity index (χ0v) is 9.27. The molecule has 15 heavy (non-hydrogen) atoms. The van der Waals surface area contributed by atoms with Gasteiger partial charge in [0, 0.05) is 10.7 Å². The van der Waals surface area contributed by atoms with E-state index in [1.54, 1.807) is 24.3 Å². The van der Waals surface area contributed by atoms with Crippen molar-refractivity contribution in [3.8, 4) is 0 Å². The standard InChI is InChI=1S/C8H10ClN5S/c9-5-1-3-6(4-2-5)12-8(15)14-13-7(10)11/h1-4H,(H4,10,11,13)(H2,12,14,15). The number of thiocarbonyl (C=S) groups is 1. The van der Waals surface area contributed by atoms with E-state index in [0.717, 1.165) is 5.69 Å². The van der Waals surface area contributed by atoms with Crippen LogP contribution in [-0.2, 0) is 0 Å². The normalized spacial score (nSPS) is 9.13. The number of nitrogens with two attached hydrogens (primary N) is 2. The second-order valence-electron chi connectivity index (χ2n) is 2.61. The predicted molar refractivity (Wildman–Crippen MR) is 66.6 cm³/mol. The number of hydrogen-bond donors (Lipinski definition) is 4. The molecule has 0 radical (unpaired) electrons. The maximum atomic E-state index is 5.72. The molecule has 7 heteroatoms. The van der Waals surface area contributed by atoms with Gasteiger partial charge in [0.25, 0.3) is 0 Å². The Morgan fingerprint density at radius 3 is 2.40 bits per heavy atom. The summed E-state index contributed by atoms with van der Waals surface area (Å²) in [5.41, 5.74) is 13.5. The van der Waals surface area contributed by atoms with Crippen LogP contribution in [0.1, 0.15) is 0 Å². The highest BCUT2D eigenvalue weighted by Crippen LogP contribution is 2.12. The summed E-state index contributed by atoms with van der Waals surface area (Å²) in [6.07, 6.45) is 0. The lowest BCUT2D eigenvalue weighted by molar-refractivity contribution is 1.03. The third-order valence-electron chi connectivity index (χ3n) is 1.39. The molecule has 0 aromatic heterocycles. The topological polar surface area (TPSA) is 88.5 Å². The van der Waals surface area contributed by atoms with Gasteiger partial charge in [-0.1, -0.05) is 11.6 Å². The lowest BCUT2D eigenvalue weighted by Crippen LogP contribution is -2.31. The van der Waals surface area contributed by atoms with E-state index in [1.807, 2.05) is 0 Å². The van der Waals surface area contributed by atoms with Crippen LogP contribution < -0.4 is 22.2 Å².